The number of nitrogens with zero attached hydrogens (tertiary/aromatic N) is 4. The van der Waals surface area contributed by atoms with Gasteiger partial charge < -0.3 is 4.90 Å². The number of halogens is 1. The molecule has 0 saturated carbocycles. The van der Waals surface area contributed by atoms with E-state index in [9.17, 15) is 4.39 Å². The molecular weight excluding hydrogens is 347 g/mol. The van der Waals surface area contributed by atoms with Gasteiger partial charge in [0.05, 0.1) is 5.69 Å². The highest BCUT2D eigenvalue weighted by Crippen LogP contribution is 2.29. The van der Waals surface area contributed by atoms with E-state index in [1.54, 1.807) is 23.5 Å². The summed E-state index contributed by atoms with van der Waals surface area (Å²) in [6.45, 7) is 6.16. The van der Waals surface area contributed by atoms with Crippen molar-refractivity contribution in [3.8, 4) is 11.3 Å². The predicted molar refractivity (Wildman–Crippen MR) is 104 cm³/mol. The molecule has 4 nitrogen and oxygen atoms in total. The minimum absolute atomic E-state index is 0.219. The zero-order valence-electron chi connectivity index (χ0n) is 14.7. The van der Waals surface area contributed by atoms with Crippen molar-refractivity contribution in [2.24, 2.45) is 0 Å². The lowest BCUT2D eigenvalue weighted by molar-refractivity contribution is 0.198. The highest BCUT2D eigenvalue weighted by molar-refractivity contribution is 7.14. The van der Waals surface area contributed by atoms with Crippen molar-refractivity contribution < 1.29 is 4.39 Å². The van der Waals surface area contributed by atoms with Gasteiger partial charge in [0, 0.05) is 55.6 Å². The third kappa shape index (κ3) is 3.61. The second-order valence-corrected chi connectivity index (χ2v) is 7.34. The van der Waals surface area contributed by atoms with E-state index in [1.807, 2.05) is 23.8 Å². The van der Waals surface area contributed by atoms with E-state index in [1.165, 1.54) is 17.7 Å². The zero-order valence-corrected chi connectivity index (χ0v) is 15.5. The molecule has 1 saturated heterocycles. The van der Waals surface area contributed by atoms with Crippen LogP contribution >= 0.6 is 11.3 Å². The summed E-state index contributed by atoms with van der Waals surface area (Å²) >= 11 is 1.65. The van der Waals surface area contributed by atoms with Gasteiger partial charge in [-0.1, -0.05) is 6.07 Å². The molecule has 1 fully saturated rings. The Morgan fingerprint density at radius 1 is 1.08 bits per heavy atom. The number of rotatable bonds is 4. The highest BCUT2D eigenvalue weighted by Gasteiger charge is 2.23. The summed E-state index contributed by atoms with van der Waals surface area (Å²) in [4.78, 5) is 13.8. The van der Waals surface area contributed by atoms with Crippen LogP contribution in [0.25, 0.3) is 11.3 Å². The van der Waals surface area contributed by atoms with Crippen molar-refractivity contribution in [1.29, 1.82) is 0 Å². The summed E-state index contributed by atoms with van der Waals surface area (Å²) < 4.78 is 13.1. The van der Waals surface area contributed by atoms with Crippen molar-refractivity contribution in [1.82, 2.24) is 14.9 Å². The number of anilines is 1. The van der Waals surface area contributed by atoms with Crippen molar-refractivity contribution in [3.05, 3.63) is 65.6 Å². The fourth-order valence-corrected chi connectivity index (χ4v) is 4.19. The van der Waals surface area contributed by atoms with Gasteiger partial charge in [0.2, 0.25) is 0 Å². The van der Waals surface area contributed by atoms with Crippen molar-refractivity contribution >= 4 is 16.5 Å². The Morgan fingerprint density at radius 3 is 2.54 bits per heavy atom. The molecule has 0 radical (unpaired) electrons. The number of benzene rings is 1. The van der Waals surface area contributed by atoms with E-state index in [-0.39, 0.29) is 5.82 Å². The number of hydrogen-bond acceptors (Lipinski definition) is 5. The van der Waals surface area contributed by atoms with Gasteiger partial charge in [0.25, 0.3) is 0 Å². The van der Waals surface area contributed by atoms with Crippen LogP contribution in [0.3, 0.4) is 0 Å². The van der Waals surface area contributed by atoms with Gasteiger partial charge >= 0.3 is 0 Å². The summed E-state index contributed by atoms with van der Waals surface area (Å²) in [6, 6.07) is 11.0. The lowest BCUT2D eigenvalue weighted by Gasteiger charge is -2.38. The summed E-state index contributed by atoms with van der Waals surface area (Å²) in [5.41, 5.74) is 3.13. The molecule has 0 spiro atoms. The average Bonchev–Trinajstić information content (AvgIpc) is 3.19. The first kappa shape index (κ1) is 17.1. The minimum atomic E-state index is -0.219. The summed E-state index contributed by atoms with van der Waals surface area (Å²) in [7, 11) is 0. The normalized spacial score (nSPS) is 16.6. The molecule has 1 atom stereocenters. The maximum atomic E-state index is 13.1. The molecule has 1 aliphatic rings. The van der Waals surface area contributed by atoms with E-state index in [4.69, 9.17) is 4.98 Å². The Morgan fingerprint density at radius 2 is 1.85 bits per heavy atom. The molecule has 0 N–H and O–H groups in total. The quantitative estimate of drug-likeness (QED) is 0.690. The van der Waals surface area contributed by atoms with Crippen LogP contribution < -0.4 is 4.90 Å². The Balaban J connectivity index is 1.40. The molecular formula is C20H21FN4S. The number of piperazine rings is 1. The Labute approximate surface area is 156 Å². The molecule has 26 heavy (non-hydrogen) atoms. The zero-order chi connectivity index (χ0) is 17.9. The van der Waals surface area contributed by atoms with Crippen molar-refractivity contribution in [2.45, 2.75) is 13.0 Å². The van der Waals surface area contributed by atoms with E-state index in [0.29, 0.717) is 6.04 Å². The number of hydrogen-bond donors (Lipinski definition) is 0. The first-order chi connectivity index (χ1) is 12.7. The van der Waals surface area contributed by atoms with Gasteiger partial charge in [-0.25, -0.2) is 9.37 Å². The Hall–Kier alpha value is -2.31. The van der Waals surface area contributed by atoms with Crippen LogP contribution in [0.15, 0.2) is 54.2 Å². The van der Waals surface area contributed by atoms with Crippen LogP contribution in [0.5, 0.6) is 0 Å². The van der Waals surface area contributed by atoms with Gasteiger partial charge in [0.15, 0.2) is 5.13 Å². The maximum absolute atomic E-state index is 13.1. The van der Waals surface area contributed by atoms with Crippen molar-refractivity contribution in [2.75, 3.05) is 31.1 Å². The molecule has 6 heteroatoms. The Kier molecular flexibility index (Phi) is 4.95. The average molecular weight is 368 g/mol. The van der Waals surface area contributed by atoms with Crippen LogP contribution in [0.1, 0.15) is 18.5 Å². The molecule has 1 unspecified atom stereocenters. The summed E-state index contributed by atoms with van der Waals surface area (Å²) in [5, 5.41) is 3.09. The molecule has 134 valence electrons. The summed E-state index contributed by atoms with van der Waals surface area (Å²) in [5.74, 6) is -0.219. The van der Waals surface area contributed by atoms with Gasteiger partial charge in [-0.05, 0) is 42.8 Å². The predicted octanol–water partition coefficient (Wildman–Crippen LogP) is 4.23. The molecule has 0 amide bonds. The van der Waals surface area contributed by atoms with Gasteiger partial charge in [-0.3, -0.25) is 9.88 Å². The first-order valence-corrected chi connectivity index (χ1v) is 9.69. The van der Waals surface area contributed by atoms with Crippen LogP contribution in [-0.2, 0) is 0 Å². The number of thiazole rings is 1. The molecule has 1 aliphatic heterocycles. The fourth-order valence-electron chi connectivity index (χ4n) is 3.30. The molecule has 0 aliphatic carbocycles. The third-order valence-corrected chi connectivity index (χ3v) is 5.83. The van der Waals surface area contributed by atoms with Gasteiger partial charge in [0.1, 0.15) is 5.82 Å². The van der Waals surface area contributed by atoms with Crippen LogP contribution in [0.4, 0.5) is 9.52 Å². The minimum Gasteiger partial charge on any atom is -0.346 e. The van der Waals surface area contributed by atoms with Crippen LogP contribution in [0, 0.1) is 5.82 Å². The molecule has 0 bridgehead atoms. The van der Waals surface area contributed by atoms with E-state index >= 15 is 0 Å². The van der Waals surface area contributed by atoms with E-state index in [2.05, 4.69) is 27.8 Å². The van der Waals surface area contributed by atoms with Crippen molar-refractivity contribution in [3.63, 3.8) is 0 Å². The summed E-state index contributed by atoms with van der Waals surface area (Å²) in [6.07, 6.45) is 3.77. The number of aromatic nitrogens is 2. The second-order valence-electron chi connectivity index (χ2n) is 6.51. The standard InChI is InChI=1S/C20H21FN4S/c1-15(17-3-2-8-22-13-17)24-9-11-25(12-10-24)20-23-19(14-26-20)16-4-6-18(21)7-5-16/h2-8,13-15H,9-12H2,1H3. The highest BCUT2D eigenvalue weighted by atomic mass is 32.1. The molecule has 4 rings (SSSR count). The molecule has 3 heterocycles. The lowest BCUT2D eigenvalue weighted by atomic mass is 10.1. The SMILES string of the molecule is CC(c1cccnc1)N1CCN(c2nc(-c3ccc(F)cc3)cs2)CC1. The van der Waals surface area contributed by atoms with Crippen LogP contribution in [0.2, 0.25) is 0 Å². The first-order valence-electron chi connectivity index (χ1n) is 8.81. The van der Waals surface area contributed by atoms with Gasteiger partial charge in [-0.2, -0.15) is 0 Å². The fraction of sp³-hybridized carbons (Fsp3) is 0.300. The van der Waals surface area contributed by atoms with Crippen LogP contribution in [-0.4, -0.2) is 41.0 Å². The maximum Gasteiger partial charge on any atom is 0.185 e. The topological polar surface area (TPSA) is 32.3 Å². The van der Waals surface area contributed by atoms with E-state index < -0.39 is 0 Å². The third-order valence-electron chi connectivity index (χ3n) is 4.93. The molecule has 1 aromatic carbocycles. The largest absolute Gasteiger partial charge is 0.346 e. The van der Waals surface area contributed by atoms with Gasteiger partial charge in [-0.15, -0.1) is 11.3 Å². The molecule has 2 aromatic heterocycles. The second kappa shape index (κ2) is 7.51. The van der Waals surface area contributed by atoms with E-state index in [0.717, 1.165) is 42.6 Å². The smallest absolute Gasteiger partial charge is 0.185 e. The molecule has 3 aromatic rings. The monoisotopic (exact) mass is 368 g/mol. The number of pyridine rings is 1. The lowest BCUT2D eigenvalue weighted by Crippen LogP contribution is -2.47. The Bertz CT molecular complexity index is 842.